The highest BCUT2D eigenvalue weighted by Crippen LogP contribution is 2.20. The van der Waals surface area contributed by atoms with Crippen molar-refractivity contribution >= 4 is 17.1 Å². The Bertz CT molecular complexity index is 619. The Morgan fingerprint density at radius 3 is 2.81 bits per heavy atom. The predicted molar refractivity (Wildman–Crippen MR) is 83.5 cm³/mol. The van der Waals surface area contributed by atoms with Gasteiger partial charge in [0.2, 0.25) is 0 Å². The van der Waals surface area contributed by atoms with Crippen LogP contribution in [-0.2, 0) is 6.54 Å². The van der Waals surface area contributed by atoms with Gasteiger partial charge in [-0.2, -0.15) is 0 Å². The Morgan fingerprint density at radius 1 is 1.43 bits per heavy atom. The molecule has 0 aliphatic heterocycles. The van der Waals surface area contributed by atoms with Crippen LogP contribution in [0.1, 0.15) is 45.2 Å². The molecule has 0 fully saturated rings. The fourth-order valence-corrected chi connectivity index (χ4v) is 2.39. The van der Waals surface area contributed by atoms with Gasteiger partial charge in [-0.1, -0.05) is 19.4 Å². The van der Waals surface area contributed by atoms with Gasteiger partial charge in [0, 0.05) is 19.1 Å². The van der Waals surface area contributed by atoms with Crippen LogP contribution >= 0.6 is 0 Å². The lowest BCUT2D eigenvalue weighted by Crippen LogP contribution is -2.29. The second-order valence-electron chi connectivity index (χ2n) is 5.63. The van der Waals surface area contributed by atoms with E-state index in [0.29, 0.717) is 19.1 Å². The topological polar surface area (TPSA) is 58.4 Å². The van der Waals surface area contributed by atoms with E-state index in [1.54, 1.807) is 0 Å². The summed E-state index contributed by atoms with van der Waals surface area (Å²) in [5, 5.41) is 9.29. The zero-order valence-corrected chi connectivity index (χ0v) is 12.9. The summed E-state index contributed by atoms with van der Waals surface area (Å²) < 4.78 is 2.11. The van der Waals surface area contributed by atoms with E-state index >= 15 is 0 Å². The largest absolute Gasteiger partial charge is 0.465 e. The van der Waals surface area contributed by atoms with E-state index in [1.807, 2.05) is 24.5 Å². The number of hydrogen-bond donors (Lipinski definition) is 1. The van der Waals surface area contributed by atoms with E-state index in [4.69, 9.17) is 0 Å². The molecule has 1 aromatic carbocycles. The Morgan fingerprint density at radius 2 is 2.19 bits per heavy atom. The lowest BCUT2D eigenvalue weighted by Gasteiger charge is -2.19. The highest BCUT2D eigenvalue weighted by molar-refractivity contribution is 5.76. The minimum atomic E-state index is -0.860. The van der Waals surface area contributed by atoms with Crippen molar-refractivity contribution in [2.24, 2.45) is 0 Å². The first kappa shape index (κ1) is 15.4. The van der Waals surface area contributed by atoms with Gasteiger partial charge in [-0.15, -0.1) is 0 Å². The van der Waals surface area contributed by atoms with Gasteiger partial charge >= 0.3 is 6.09 Å². The molecule has 0 spiro atoms. The molecule has 1 aromatic heterocycles. The molecular weight excluding hydrogens is 266 g/mol. The Hall–Kier alpha value is -2.04. The van der Waals surface area contributed by atoms with Gasteiger partial charge in [0.05, 0.1) is 17.4 Å². The maximum absolute atomic E-state index is 11.3. The molecule has 2 aromatic rings. The number of amides is 1. The summed E-state index contributed by atoms with van der Waals surface area (Å²) in [5.74, 6) is 0. The number of fused-ring (bicyclic) bond motifs is 1. The SMILES string of the molecule is CCCCN(Cc1ccc2ncn(C(C)C)c2c1)C(=O)O. The number of aromatic nitrogens is 2. The number of rotatable bonds is 6. The smallest absolute Gasteiger partial charge is 0.407 e. The van der Waals surface area contributed by atoms with Crippen molar-refractivity contribution in [3.05, 3.63) is 30.1 Å². The second-order valence-corrected chi connectivity index (χ2v) is 5.63. The Kier molecular flexibility index (Phi) is 4.83. The third kappa shape index (κ3) is 3.54. The summed E-state index contributed by atoms with van der Waals surface area (Å²) in [6.07, 6.45) is 2.85. The molecule has 2 rings (SSSR count). The Labute approximate surface area is 125 Å². The third-order valence-electron chi connectivity index (χ3n) is 3.62. The normalized spacial score (nSPS) is 11.2. The number of imidazole rings is 1. The molecule has 0 atom stereocenters. The maximum atomic E-state index is 11.3. The van der Waals surface area contributed by atoms with Crippen molar-refractivity contribution in [3.63, 3.8) is 0 Å². The van der Waals surface area contributed by atoms with Crippen LogP contribution in [0.2, 0.25) is 0 Å². The summed E-state index contributed by atoms with van der Waals surface area (Å²) in [4.78, 5) is 17.2. The van der Waals surface area contributed by atoms with Crippen molar-refractivity contribution in [2.45, 2.75) is 46.2 Å². The average Bonchev–Trinajstić information content (AvgIpc) is 2.86. The van der Waals surface area contributed by atoms with Crippen LogP contribution in [0.5, 0.6) is 0 Å². The molecule has 5 heteroatoms. The maximum Gasteiger partial charge on any atom is 0.407 e. The van der Waals surface area contributed by atoms with Crippen molar-refractivity contribution in [3.8, 4) is 0 Å². The fourth-order valence-electron chi connectivity index (χ4n) is 2.39. The summed E-state index contributed by atoms with van der Waals surface area (Å²) in [7, 11) is 0. The summed E-state index contributed by atoms with van der Waals surface area (Å²) in [5.41, 5.74) is 3.01. The number of hydrogen-bond acceptors (Lipinski definition) is 2. The van der Waals surface area contributed by atoms with Crippen LogP contribution in [0, 0.1) is 0 Å². The van der Waals surface area contributed by atoms with Gasteiger partial charge in [0.15, 0.2) is 0 Å². The summed E-state index contributed by atoms with van der Waals surface area (Å²) in [6.45, 7) is 7.28. The van der Waals surface area contributed by atoms with Crippen molar-refractivity contribution in [2.75, 3.05) is 6.54 Å². The van der Waals surface area contributed by atoms with Crippen molar-refractivity contribution in [1.82, 2.24) is 14.5 Å². The fraction of sp³-hybridized carbons (Fsp3) is 0.500. The molecule has 0 saturated carbocycles. The molecule has 0 aliphatic carbocycles. The van der Waals surface area contributed by atoms with E-state index < -0.39 is 6.09 Å². The van der Waals surface area contributed by atoms with Crippen LogP contribution in [0.25, 0.3) is 11.0 Å². The molecule has 5 nitrogen and oxygen atoms in total. The molecule has 1 heterocycles. The van der Waals surface area contributed by atoms with Gasteiger partial charge < -0.3 is 14.6 Å². The first-order valence-corrected chi connectivity index (χ1v) is 7.46. The first-order chi connectivity index (χ1) is 10.0. The van der Waals surface area contributed by atoms with Crippen LogP contribution in [-0.4, -0.2) is 32.2 Å². The number of carboxylic acid groups (broad SMARTS) is 1. The lowest BCUT2D eigenvalue weighted by molar-refractivity contribution is 0.141. The molecule has 0 radical (unpaired) electrons. The van der Waals surface area contributed by atoms with Gasteiger partial charge in [0.1, 0.15) is 0 Å². The number of carbonyl (C=O) groups is 1. The van der Waals surface area contributed by atoms with Crippen LogP contribution in [0.4, 0.5) is 4.79 Å². The first-order valence-electron chi connectivity index (χ1n) is 7.46. The molecule has 21 heavy (non-hydrogen) atoms. The number of nitrogens with zero attached hydrogens (tertiary/aromatic N) is 3. The predicted octanol–water partition coefficient (Wildman–Crippen LogP) is 3.90. The number of unbranched alkanes of at least 4 members (excludes halogenated alkanes) is 1. The van der Waals surface area contributed by atoms with E-state index in [-0.39, 0.29) is 0 Å². The molecule has 1 N–H and O–H groups in total. The van der Waals surface area contributed by atoms with Crippen molar-refractivity contribution in [1.29, 1.82) is 0 Å². The molecule has 0 saturated heterocycles. The standard InChI is InChI=1S/C16H23N3O2/c1-4-5-8-18(16(20)21)10-13-6-7-14-15(9-13)19(11-17-14)12(2)3/h6-7,9,11-12H,4-5,8,10H2,1-3H3,(H,20,21). The zero-order chi connectivity index (χ0) is 15.4. The van der Waals surface area contributed by atoms with E-state index in [9.17, 15) is 9.90 Å². The molecule has 0 bridgehead atoms. The molecule has 1 amide bonds. The Balaban J connectivity index is 2.24. The molecule has 114 valence electrons. The van der Waals surface area contributed by atoms with Gasteiger partial charge in [-0.25, -0.2) is 9.78 Å². The van der Waals surface area contributed by atoms with Gasteiger partial charge in [-0.3, -0.25) is 0 Å². The molecule has 0 unspecified atom stereocenters. The quantitative estimate of drug-likeness (QED) is 0.877. The van der Waals surface area contributed by atoms with Gasteiger partial charge in [0.25, 0.3) is 0 Å². The minimum absolute atomic E-state index is 0.334. The summed E-state index contributed by atoms with van der Waals surface area (Å²) >= 11 is 0. The van der Waals surface area contributed by atoms with Gasteiger partial charge in [-0.05, 0) is 38.0 Å². The zero-order valence-electron chi connectivity index (χ0n) is 12.9. The van der Waals surface area contributed by atoms with Crippen molar-refractivity contribution < 1.29 is 9.90 Å². The summed E-state index contributed by atoms with van der Waals surface area (Å²) in [6, 6.07) is 6.30. The highest BCUT2D eigenvalue weighted by Gasteiger charge is 2.13. The monoisotopic (exact) mass is 289 g/mol. The lowest BCUT2D eigenvalue weighted by atomic mass is 10.1. The third-order valence-corrected chi connectivity index (χ3v) is 3.62. The molecular formula is C16H23N3O2. The highest BCUT2D eigenvalue weighted by atomic mass is 16.4. The van der Waals surface area contributed by atoms with Crippen LogP contribution in [0.15, 0.2) is 24.5 Å². The van der Waals surface area contributed by atoms with E-state index in [0.717, 1.165) is 29.4 Å². The number of benzene rings is 1. The van der Waals surface area contributed by atoms with Crippen LogP contribution in [0.3, 0.4) is 0 Å². The van der Waals surface area contributed by atoms with E-state index in [1.165, 1.54) is 4.90 Å². The average molecular weight is 289 g/mol. The van der Waals surface area contributed by atoms with E-state index in [2.05, 4.69) is 30.3 Å². The van der Waals surface area contributed by atoms with Crippen LogP contribution < -0.4 is 0 Å². The second kappa shape index (κ2) is 6.61. The molecule has 0 aliphatic rings. The minimum Gasteiger partial charge on any atom is -0.465 e.